The van der Waals surface area contributed by atoms with Gasteiger partial charge in [0.25, 0.3) is 5.91 Å². The van der Waals surface area contributed by atoms with E-state index in [9.17, 15) is 13.6 Å². The summed E-state index contributed by atoms with van der Waals surface area (Å²) in [5.41, 5.74) is 0.796. The molecule has 0 bridgehead atoms. The summed E-state index contributed by atoms with van der Waals surface area (Å²) in [5, 5.41) is 11.5. The van der Waals surface area contributed by atoms with Crippen LogP contribution in [-0.4, -0.2) is 58.6 Å². The van der Waals surface area contributed by atoms with E-state index in [1.54, 1.807) is 15.8 Å². The number of nitrogens with one attached hydrogen (secondary N) is 1. The van der Waals surface area contributed by atoms with Crippen LogP contribution in [0.25, 0.3) is 0 Å². The molecule has 0 aliphatic carbocycles. The highest BCUT2D eigenvalue weighted by molar-refractivity contribution is 5.92. The van der Waals surface area contributed by atoms with Crippen LogP contribution in [-0.2, 0) is 4.74 Å². The zero-order valence-electron chi connectivity index (χ0n) is 14.8. The minimum Gasteiger partial charge on any atom is -0.370 e. The van der Waals surface area contributed by atoms with Gasteiger partial charge in [0, 0.05) is 6.54 Å². The van der Waals surface area contributed by atoms with Gasteiger partial charge in [-0.15, -0.1) is 5.10 Å². The van der Waals surface area contributed by atoms with Gasteiger partial charge in [-0.1, -0.05) is 11.3 Å². The van der Waals surface area contributed by atoms with Crippen LogP contribution in [0.15, 0.2) is 24.4 Å². The van der Waals surface area contributed by atoms with E-state index in [0.29, 0.717) is 24.4 Å². The number of hydrogen-bond acceptors (Lipinski definition) is 5. The first-order chi connectivity index (χ1) is 13.1. The van der Waals surface area contributed by atoms with Gasteiger partial charge >= 0.3 is 0 Å². The molecule has 144 valence electrons. The highest BCUT2D eigenvalue weighted by Crippen LogP contribution is 2.25. The summed E-state index contributed by atoms with van der Waals surface area (Å²) in [6.07, 6.45) is 3.09. The molecule has 2 aromatic rings. The van der Waals surface area contributed by atoms with Crippen molar-refractivity contribution in [2.75, 3.05) is 32.8 Å². The minimum absolute atomic E-state index is 0.230. The number of piperidine rings is 1. The molecule has 1 unspecified atom stereocenters. The molecule has 2 aliphatic rings. The number of benzene rings is 1. The molecule has 2 fully saturated rings. The molecule has 9 heteroatoms. The predicted octanol–water partition coefficient (Wildman–Crippen LogP) is 1.69. The molecule has 27 heavy (non-hydrogen) atoms. The van der Waals surface area contributed by atoms with Crippen molar-refractivity contribution in [1.29, 1.82) is 0 Å². The second-order valence-corrected chi connectivity index (χ2v) is 6.85. The van der Waals surface area contributed by atoms with Gasteiger partial charge in [0.15, 0.2) is 17.3 Å². The molecule has 1 aromatic heterocycles. The molecule has 7 nitrogen and oxygen atoms in total. The Morgan fingerprint density at radius 2 is 2.04 bits per heavy atom. The maximum absolute atomic E-state index is 13.5. The monoisotopic (exact) mass is 377 g/mol. The van der Waals surface area contributed by atoms with E-state index >= 15 is 0 Å². The molecular weight excluding hydrogens is 356 g/mol. The Morgan fingerprint density at radius 1 is 1.22 bits per heavy atom. The van der Waals surface area contributed by atoms with Crippen LogP contribution >= 0.6 is 0 Å². The second-order valence-electron chi connectivity index (χ2n) is 6.85. The normalized spacial score (nSPS) is 21.4. The van der Waals surface area contributed by atoms with E-state index in [1.165, 1.54) is 6.07 Å². The standard InChI is InChI=1S/C18H21F2N5O2/c19-14-2-1-12(9-15(14)20)17-11-24(7-8-27-17)18(26)16-10-25(23-22-16)13-3-5-21-6-4-13/h1-2,9-10,13,17,21H,3-8,11H2. The Hall–Kier alpha value is -2.39. The molecule has 3 heterocycles. The zero-order valence-corrected chi connectivity index (χ0v) is 14.8. The maximum Gasteiger partial charge on any atom is 0.276 e. The van der Waals surface area contributed by atoms with Crippen molar-refractivity contribution in [2.24, 2.45) is 0 Å². The molecule has 1 aromatic carbocycles. The van der Waals surface area contributed by atoms with Crippen molar-refractivity contribution in [3.8, 4) is 0 Å². The first kappa shape index (κ1) is 18.0. The fraction of sp³-hybridized carbons (Fsp3) is 0.500. The number of nitrogens with zero attached hydrogens (tertiary/aromatic N) is 4. The first-order valence-electron chi connectivity index (χ1n) is 9.10. The molecule has 4 rings (SSSR count). The number of aromatic nitrogens is 3. The van der Waals surface area contributed by atoms with E-state index in [4.69, 9.17) is 4.74 Å². The van der Waals surface area contributed by atoms with Crippen LogP contribution in [0.3, 0.4) is 0 Å². The van der Waals surface area contributed by atoms with Crippen LogP contribution in [0.4, 0.5) is 8.78 Å². The van der Waals surface area contributed by atoms with Gasteiger partial charge in [-0.3, -0.25) is 4.79 Å². The summed E-state index contributed by atoms with van der Waals surface area (Å²) >= 11 is 0. The molecule has 0 spiro atoms. The summed E-state index contributed by atoms with van der Waals surface area (Å²) < 4.78 is 34.1. The van der Waals surface area contributed by atoms with Crippen molar-refractivity contribution in [3.63, 3.8) is 0 Å². The van der Waals surface area contributed by atoms with Crippen molar-refractivity contribution >= 4 is 5.91 Å². The topological polar surface area (TPSA) is 72.3 Å². The summed E-state index contributed by atoms with van der Waals surface area (Å²) in [5.74, 6) is -2.06. The minimum atomic E-state index is -0.926. The lowest BCUT2D eigenvalue weighted by molar-refractivity contribution is -0.0231. The number of amides is 1. The fourth-order valence-electron chi connectivity index (χ4n) is 3.53. The van der Waals surface area contributed by atoms with Crippen LogP contribution in [0.2, 0.25) is 0 Å². The second kappa shape index (κ2) is 7.69. The maximum atomic E-state index is 13.5. The molecule has 1 atom stereocenters. The zero-order chi connectivity index (χ0) is 18.8. The Balaban J connectivity index is 1.45. The number of ether oxygens (including phenoxy) is 1. The largest absolute Gasteiger partial charge is 0.370 e. The third-order valence-electron chi connectivity index (χ3n) is 5.08. The van der Waals surface area contributed by atoms with E-state index in [0.717, 1.165) is 38.1 Å². The number of halogens is 2. The Kier molecular flexibility index (Phi) is 5.13. The Morgan fingerprint density at radius 3 is 2.81 bits per heavy atom. The average Bonchev–Trinajstić information content (AvgIpc) is 3.20. The number of hydrogen-bond donors (Lipinski definition) is 1. The lowest BCUT2D eigenvalue weighted by atomic mass is 10.1. The third kappa shape index (κ3) is 3.84. The molecule has 0 saturated carbocycles. The smallest absolute Gasteiger partial charge is 0.276 e. The van der Waals surface area contributed by atoms with Gasteiger partial charge in [0.05, 0.1) is 25.4 Å². The van der Waals surface area contributed by atoms with Gasteiger partial charge in [-0.2, -0.15) is 0 Å². The summed E-state index contributed by atoms with van der Waals surface area (Å²) in [6.45, 7) is 2.83. The number of carbonyl (C=O) groups is 1. The highest BCUT2D eigenvalue weighted by Gasteiger charge is 2.29. The molecule has 2 saturated heterocycles. The molecule has 1 N–H and O–H groups in total. The summed E-state index contributed by atoms with van der Waals surface area (Å²) in [7, 11) is 0. The highest BCUT2D eigenvalue weighted by atomic mass is 19.2. The number of carbonyl (C=O) groups excluding carboxylic acids is 1. The fourth-order valence-corrected chi connectivity index (χ4v) is 3.53. The Labute approximate surface area is 155 Å². The molecule has 0 radical (unpaired) electrons. The van der Waals surface area contributed by atoms with E-state index in [2.05, 4.69) is 15.6 Å². The summed E-state index contributed by atoms with van der Waals surface area (Å²) in [4.78, 5) is 14.4. The average molecular weight is 377 g/mol. The molecular formula is C18H21F2N5O2. The lowest BCUT2D eigenvalue weighted by Gasteiger charge is -2.32. The van der Waals surface area contributed by atoms with Crippen LogP contribution in [0.1, 0.15) is 41.0 Å². The van der Waals surface area contributed by atoms with E-state index in [-0.39, 0.29) is 18.5 Å². The number of rotatable bonds is 3. The van der Waals surface area contributed by atoms with Gasteiger partial charge in [0.2, 0.25) is 0 Å². The predicted molar refractivity (Wildman–Crippen MR) is 92.1 cm³/mol. The van der Waals surface area contributed by atoms with E-state index in [1.807, 2.05) is 0 Å². The van der Waals surface area contributed by atoms with Crippen molar-refractivity contribution in [1.82, 2.24) is 25.2 Å². The van der Waals surface area contributed by atoms with Gasteiger partial charge in [-0.05, 0) is 43.6 Å². The quantitative estimate of drug-likeness (QED) is 0.882. The van der Waals surface area contributed by atoms with E-state index < -0.39 is 17.7 Å². The van der Waals surface area contributed by atoms with Gasteiger partial charge in [-0.25, -0.2) is 13.5 Å². The van der Waals surface area contributed by atoms with Crippen molar-refractivity contribution < 1.29 is 18.3 Å². The molecule has 1 amide bonds. The van der Waals surface area contributed by atoms with Crippen LogP contribution in [0.5, 0.6) is 0 Å². The molecule has 2 aliphatic heterocycles. The number of morpholine rings is 1. The first-order valence-corrected chi connectivity index (χ1v) is 9.10. The van der Waals surface area contributed by atoms with Crippen LogP contribution < -0.4 is 5.32 Å². The SMILES string of the molecule is O=C(c1cn(C2CCNCC2)nn1)N1CCOC(c2ccc(F)c(F)c2)C1. The lowest BCUT2D eigenvalue weighted by Crippen LogP contribution is -2.42. The van der Waals surface area contributed by atoms with Crippen LogP contribution in [0, 0.1) is 11.6 Å². The third-order valence-corrected chi connectivity index (χ3v) is 5.08. The van der Waals surface area contributed by atoms with Crippen molar-refractivity contribution in [2.45, 2.75) is 25.0 Å². The summed E-state index contributed by atoms with van der Waals surface area (Å²) in [6, 6.07) is 3.91. The van der Waals surface area contributed by atoms with Gasteiger partial charge in [0.1, 0.15) is 6.10 Å². The van der Waals surface area contributed by atoms with Gasteiger partial charge < -0.3 is 15.0 Å². The Bertz CT molecular complexity index is 822. The van der Waals surface area contributed by atoms with Crippen molar-refractivity contribution in [3.05, 3.63) is 47.3 Å².